The number of carbonyl (C=O) groups is 2. The lowest BCUT2D eigenvalue weighted by Crippen LogP contribution is -2.34. The smallest absolute Gasteiger partial charge is 0.298 e. The minimum atomic E-state index is -0.507. The molecule has 3 rings (SSSR count). The van der Waals surface area contributed by atoms with Crippen LogP contribution in [0.1, 0.15) is 45.4 Å². The lowest BCUT2D eigenvalue weighted by molar-refractivity contribution is -0.121. The molecule has 0 radical (unpaired) electrons. The summed E-state index contributed by atoms with van der Waals surface area (Å²) in [5, 5.41) is 2.41. The second-order valence-corrected chi connectivity index (χ2v) is 10.5. The van der Waals surface area contributed by atoms with Gasteiger partial charge in [-0.2, -0.15) is 4.98 Å². The molecule has 0 aliphatic rings. The number of aromatic nitrogens is 2. The van der Waals surface area contributed by atoms with Crippen LogP contribution >= 0.6 is 23.4 Å². The molecule has 0 saturated heterocycles. The van der Waals surface area contributed by atoms with E-state index >= 15 is 4.39 Å². The number of rotatable bonds is 11. The summed E-state index contributed by atoms with van der Waals surface area (Å²) in [6.07, 6.45) is 0.562. The Balaban J connectivity index is 1.84. The molecule has 3 aromatic rings. The number of nitrogens with zero attached hydrogens (tertiary/aromatic N) is 2. The normalized spacial score (nSPS) is 12.0. The summed E-state index contributed by atoms with van der Waals surface area (Å²) in [6.45, 7) is 7.80. The number of thioether (sulfide) groups is 1. The van der Waals surface area contributed by atoms with E-state index < -0.39 is 5.25 Å². The monoisotopic (exact) mass is 531 g/mol. The molecule has 0 aliphatic heterocycles. The van der Waals surface area contributed by atoms with Crippen LogP contribution in [0.2, 0.25) is 5.15 Å². The van der Waals surface area contributed by atoms with Crippen LogP contribution in [-0.4, -0.2) is 32.4 Å². The first-order chi connectivity index (χ1) is 17.2. The Morgan fingerprint density at radius 3 is 2.50 bits per heavy atom. The van der Waals surface area contributed by atoms with Crippen LogP contribution in [-0.2, 0) is 22.7 Å². The van der Waals surface area contributed by atoms with Crippen molar-refractivity contribution in [3.05, 3.63) is 70.8 Å². The summed E-state index contributed by atoms with van der Waals surface area (Å²) in [5.74, 6) is -0.384. The van der Waals surface area contributed by atoms with Crippen molar-refractivity contribution >= 4 is 34.4 Å². The Labute approximate surface area is 220 Å². The Bertz CT molecular complexity index is 1200. The van der Waals surface area contributed by atoms with E-state index in [2.05, 4.69) is 10.3 Å². The number of carbonyl (C=O) groups excluding carboxylic acids is 2. The first-order valence-electron chi connectivity index (χ1n) is 11.9. The molecule has 1 heterocycles. The second kappa shape index (κ2) is 12.9. The molecule has 6 nitrogen and oxygen atoms in total. The number of halogens is 2. The summed E-state index contributed by atoms with van der Waals surface area (Å²) in [4.78, 5) is 28.8. The highest BCUT2D eigenvalue weighted by molar-refractivity contribution is 8.14. The van der Waals surface area contributed by atoms with Crippen molar-refractivity contribution < 1.29 is 18.7 Å². The molecule has 0 spiro atoms. The number of imidazole rings is 1. The highest BCUT2D eigenvalue weighted by Gasteiger charge is 2.24. The van der Waals surface area contributed by atoms with Gasteiger partial charge >= 0.3 is 0 Å². The second-order valence-electron chi connectivity index (χ2n) is 8.77. The highest BCUT2D eigenvalue weighted by Crippen LogP contribution is 2.27. The van der Waals surface area contributed by atoms with E-state index in [0.29, 0.717) is 24.3 Å². The third-order valence-corrected chi connectivity index (χ3v) is 6.79. The van der Waals surface area contributed by atoms with Crippen molar-refractivity contribution in [3.8, 4) is 17.1 Å². The maximum Gasteiger partial charge on any atom is 0.298 e. The maximum absolute atomic E-state index is 15.1. The number of ether oxygens (including phenoxy) is 1. The Kier molecular flexibility index (Phi) is 9.96. The predicted molar refractivity (Wildman–Crippen MR) is 143 cm³/mol. The first-order valence-corrected chi connectivity index (χ1v) is 13.1. The van der Waals surface area contributed by atoms with E-state index in [9.17, 15) is 9.59 Å². The molecule has 1 unspecified atom stereocenters. The standard InChI is InChI=1S/C27H31ClFN3O3S/c1-5-35-27-31-25(28)23(15-30-26(34)24(13-17(2)3)36-18(4)33)32(27)16-21-12-11-20(14-22(21)29)19-9-7-6-8-10-19/h6-12,14,17,24H,5,13,15-16H2,1-4H3,(H,30,34). The third-order valence-electron chi connectivity index (χ3n) is 5.47. The van der Waals surface area contributed by atoms with Gasteiger partial charge in [0.2, 0.25) is 5.91 Å². The molecule has 1 atom stereocenters. The first kappa shape index (κ1) is 27.7. The van der Waals surface area contributed by atoms with Gasteiger partial charge in [0.25, 0.3) is 6.01 Å². The average molecular weight is 532 g/mol. The fourth-order valence-corrected chi connectivity index (χ4v) is 5.10. The number of benzene rings is 2. The van der Waals surface area contributed by atoms with E-state index in [0.717, 1.165) is 22.9 Å². The number of hydrogen-bond donors (Lipinski definition) is 1. The lowest BCUT2D eigenvalue weighted by Gasteiger charge is -2.18. The van der Waals surface area contributed by atoms with Gasteiger partial charge in [-0.1, -0.05) is 79.7 Å². The molecule has 0 bridgehead atoms. The fourth-order valence-electron chi connectivity index (χ4n) is 3.78. The van der Waals surface area contributed by atoms with Gasteiger partial charge in [0.05, 0.1) is 30.6 Å². The van der Waals surface area contributed by atoms with Crippen molar-refractivity contribution in [2.24, 2.45) is 5.92 Å². The molecule has 0 fully saturated rings. The highest BCUT2D eigenvalue weighted by atomic mass is 35.5. The lowest BCUT2D eigenvalue weighted by atomic mass is 10.0. The van der Waals surface area contributed by atoms with Crippen LogP contribution in [0, 0.1) is 11.7 Å². The van der Waals surface area contributed by atoms with Gasteiger partial charge in [-0.15, -0.1) is 0 Å². The number of amides is 1. The molecule has 36 heavy (non-hydrogen) atoms. The minimum Gasteiger partial charge on any atom is -0.465 e. The Morgan fingerprint density at radius 1 is 1.17 bits per heavy atom. The van der Waals surface area contributed by atoms with E-state index in [1.165, 1.54) is 13.0 Å². The summed E-state index contributed by atoms with van der Waals surface area (Å²) < 4.78 is 22.4. The maximum atomic E-state index is 15.1. The van der Waals surface area contributed by atoms with E-state index in [4.69, 9.17) is 16.3 Å². The number of hydrogen-bond acceptors (Lipinski definition) is 5. The zero-order valence-corrected chi connectivity index (χ0v) is 22.5. The summed E-state index contributed by atoms with van der Waals surface area (Å²) in [7, 11) is 0. The van der Waals surface area contributed by atoms with Crippen molar-refractivity contribution in [2.75, 3.05) is 6.61 Å². The van der Waals surface area contributed by atoms with Crippen LogP contribution in [0.15, 0.2) is 48.5 Å². The quantitative estimate of drug-likeness (QED) is 0.323. The minimum absolute atomic E-state index is 0.0640. The Morgan fingerprint density at radius 2 is 1.89 bits per heavy atom. The van der Waals surface area contributed by atoms with Crippen molar-refractivity contribution in [1.29, 1.82) is 0 Å². The van der Waals surface area contributed by atoms with Gasteiger partial charge < -0.3 is 10.1 Å². The zero-order chi connectivity index (χ0) is 26.2. The van der Waals surface area contributed by atoms with Gasteiger partial charge in [0, 0.05) is 12.5 Å². The van der Waals surface area contributed by atoms with Gasteiger partial charge in [0.1, 0.15) is 5.82 Å². The fraction of sp³-hybridized carbons (Fsp3) is 0.370. The molecule has 2 aromatic carbocycles. The SMILES string of the molecule is CCOc1nc(Cl)c(CNC(=O)C(CC(C)C)SC(C)=O)n1Cc1ccc(-c2ccccc2)cc1F. The van der Waals surface area contributed by atoms with E-state index in [1.807, 2.05) is 57.2 Å². The summed E-state index contributed by atoms with van der Waals surface area (Å²) >= 11 is 7.43. The topological polar surface area (TPSA) is 73.2 Å². The van der Waals surface area contributed by atoms with Crippen LogP contribution in [0.4, 0.5) is 4.39 Å². The van der Waals surface area contributed by atoms with Crippen molar-refractivity contribution in [3.63, 3.8) is 0 Å². The van der Waals surface area contributed by atoms with Gasteiger partial charge in [-0.25, -0.2) is 4.39 Å². The molecule has 0 saturated carbocycles. The zero-order valence-electron chi connectivity index (χ0n) is 20.9. The van der Waals surface area contributed by atoms with Crippen LogP contribution in [0.25, 0.3) is 11.1 Å². The van der Waals surface area contributed by atoms with Crippen LogP contribution in [0.3, 0.4) is 0 Å². The largest absolute Gasteiger partial charge is 0.465 e. The molecule has 1 N–H and O–H groups in total. The van der Waals surface area contributed by atoms with Crippen molar-refractivity contribution in [2.45, 2.75) is 52.5 Å². The van der Waals surface area contributed by atoms with Crippen LogP contribution < -0.4 is 10.1 Å². The Hall–Kier alpha value is -2.84. The summed E-state index contributed by atoms with van der Waals surface area (Å²) in [6, 6.07) is 14.9. The van der Waals surface area contributed by atoms with E-state index in [-0.39, 0.29) is 47.0 Å². The molecule has 192 valence electrons. The number of nitrogens with one attached hydrogen (secondary N) is 1. The van der Waals surface area contributed by atoms with Crippen LogP contribution in [0.5, 0.6) is 6.01 Å². The molecule has 0 aliphatic carbocycles. The van der Waals surface area contributed by atoms with Gasteiger partial charge in [-0.3, -0.25) is 14.2 Å². The summed E-state index contributed by atoms with van der Waals surface area (Å²) in [5.41, 5.74) is 2.63. The third kappa shape index (κ3) is 7.34. The average Bonchev–Trinajstić information content (AvgIpc) is 3.12. The molecule has 1 amide bonds. The van der Waals surface area contributed by atoms with Crippen molar-refractivity contribution in [1.82, 2.24) is 14.9 Å². The van der Waals surface area contributed by atoms with Gasteiger partial charge in [-0.05, 0) is 36.5 Å². The predicted octanol–water partition coefficient (Wildman–Crippen LogP) is 6.10. The van der Waals surface area contributed by atoms with E-state index in [1.54, 1.807) is 10.6 Å². The van der Waals surface area contributed by atoms with Gasteiger partial charge in [0.15, 0.2) is 10.3 Å². The molecular formula is C27H31ClFN3O3S. The molecular weight excluding hydrogens is 501 g/mol. The molecule has 1 aromatic heterocycles. The molecule has 9 heteroatoms.